The van der Waals surface area contributed by atoms with Gasteiger partial charge in [-0.1, -0.05) is 13.0 Å². The van der Waals surface area contributed by atoms with Gasteiger partial charge in [-0.15, -0.1) is 5.10 Å². The molecule has 1 aromatic carbocycles. The second kappa shape index (κ2) is 4.95. The van der Waals surface area contributed by atoms with Gasteiger partial charge in [0.25, 0.3) is 0 Å². The molecular weight excluding hydrogens is 270 g/mol. The van der Waals surface area contributed by atoms with Crippen molar-refractivity contribution in [3.05, 3.63) is 29.8 Å². The molecule has 2 aromatic rings. The van der Waals surface area contributed by atoms with Gasteiger partial charge in [0.05, 0.1) is 5.56 Å². The fourth-order valence-electron chi connectivity index (χ4n) is 1.76. The Kier molecular flexibility index (Phi) is 3.47. The lowest BCUT2D eigenvalue weighted by Crippen LogP contribution is -2.39. The molecule has 0 saturated carbocycles. The molecule has 6 nitrogen and oxygen atoms in total. The van der Waals surface area contributed by atoms with Crippen LogP contribution in [0.2, 0.25) is 0 Å². The number of aromatic nitrogens is 4. The molecule has 0 fully saturated rings. The van der Waals surface area contributed by atoms with Crippen LogP contribution in [0.3, 0.4) is 0 Å². The van der Waals surface area contributed by atoms with E-state index in [0.717, 1.165) is 10.7 Å². The van der Waals surface area contributed by atoms with Crippen molar-refractivity contribution in [3.8, 4) is 11.4 Å². The smallest absolute Gasteiger partial charge is 0.331 e. The predicted molar refractivity (Wildman–Crippen MR) is 64.7 cm³/mol. The Balaban J connectivity index is 2.65. The maximum absolute atomic E-state index is 13.8. The monoisotopic (exact) mass is 282 g/mol. The van der Waals surface area contributed by atoms with Gasteiger partial charge >= 0.3 is 5.97 Å². The first-order valence-corrected chi connectivity index (χ1v) is 5.88. The molecule has 1 N–H and O–H groups in total. The Bertz CT molecular complexity index is 659. The predicted octanol–water partition coefficient (Wildman–Crippen LogP) is 1.83. The van der Waals surface area contributed by atoms with Gasteiger partial charge in [0.1, 0.15) is 0 Å². The van der Waals surface area contributed by atoms with Crippen molar-refractivity contribution in [2.24, 2.45) is 0 Å². The van der Waals surface area contributed by atoms with E-state index in [2.05, 4.69) is 15.5 Å². The summed E-state index contributed by atoms with van der Waals surface area (Å²) in [7, 11) is 0. The lowest BCUT2D eigenvalue weighted by atomic mass is 9.99. The van der Waals surface area contributed by atoms with E-state index in [1.807, 2.05) is 0 Å². The van der Waals surface area contributed by atoms with E-state index in [1.165, 1.54) is 19.1 Å². The number of carbonyl (C=O) groups is 1. The molecule has 0 radical (unpaired) electrons. The van der Waals surface area contributed by atoms with Crippen LogP contribution in [0.25, 0.3) is 11.4 Å². The van der Waals surface area contributed by atoms with Crippen LogP contribution in [0.5, 0.6) is 0 Å². The van der Waals surface area contributed by atoms with E-state index in [1.54, 1.807) is 6.92 Å². The number of hydrogen-bond donors (Lipinski definition) is 1. The molecule has 0 spiro atoms. The molecule has 20 heavy (non-hydrogen) atoms. The highest BCUT2D eigenvalue weighted by molar-refractivity contribution is 5.77. The van der Waals surface area contributed by atoms with Gasteiger partial charge in [-0.05, 0) is 35.9 Å². The average molecular weight is 282 g/mol. The highest BCUT2D eigenvalue weighted by Gasteiger charge is 2.37. The van der Waals surface area contributed by atoms with E-state index in [-0.39, 0.29) is 17.8 Å². The molecule has 8 heteroatoms. The highest BCUT2D eigenvalue weighted by atomic mass is 19.2. The lowest BCUT2D eigenvalue weighted by Gasteiger charge is -2.24. The summed E-state index contributed by atoms with van der Waals surface area (Å²) in [6, 6.07) is 3.55. The van der Waals surface area contributed by atoms with Gasteiger partial charge in [-0.3, -0.25) is 0 Å². The van der Waals surface area contributed by atoms with Crippen LogP contribution in [0, 0.1) is 11.6 Å². The first-order valence-electron chi connectivity index (χ1n) is 5.88. The summed E-state index contributed by atoms with van der Waals surface area (Å²) in [6.45, 7) is 3.05. The van der Waals surface area contributed by atoms with Gasteiger partial charge in [-0.25, -0.2) is 18.3 Å². The largest absolute Gasteiger partial charge is 0.479 e. The van der Waals surface area contributed by atoms with Gasteiger partial charge in [0, 0.05) is 0 Å². The van der Waals surface area contributed by atoms with Crippen molar-refractivity contribution < 1.29 is 18.7 Å². The highest BCUT2D eigenvalue weighted by Crippen LogP contribution is 2.28. The van der Waals surface area contributed by atoms with Crippen molar-refractivity contribution in [1.82, 2.24) is 20.2 Å². The van der Waals surface area contributed by atoms with E-state index in [0.29, 0.717) is 0 Å². The van der Waals surface area contributed by atoms with Crippen molar-refractivity contribution >= 4 is 5.97 Å². The van der Waals surface area contributed by atoms with Crippen LogP contribution in [0.4, 0.5) is 8.78 Å². The molecule has 0 amide bonds. The van der Waals surface area contributed by atoms with E-state index >= 15 is 0 Å². The summed E-state index contributed by atoms with van der Waals surface area (Å²) in [6.07, 6.45) is 0.178. The number of carboxylic acids is 1. The quantitative estimate of drug-likeness (QED) is 0.925. The number of aliphatic carboxylic acids is 1. The van der Waals surface area contributed by atoms with Crippen LogP contribution >= 0.6 is 0 Å². The number of rotatable bonds is 4. The Labute approximate surface area is 113 Å². The van der Waals surface area contributed by atoms with Gasteiger partial charge < -0.3 is 5.11 Å². The fourth-order valence-corrected chi connectivity index (χ4v) is 1.76. The fraction of sp³-hybridized carbons (Fsp3) is 0.333. The van der Waals surface area contributed by atoms with Gasteiger partial charge in [0.15, 0.2) is 23.0 Å². The lowest BCUT2D eigenvalue weighted by molar-refractivity contribution is -0.147. The van der Waals surface area contributed by atoms with E-state index in [4.69, 9.17) is 0 Å². The first-order chi connectivity index (χ1) is 9.41. The Hall–Kier alpha value is -2.38. The third-order valence-electron chi connectivity index (χ3n) is 3.28. The average Bonchev–Trinajstić information content (AvgIpc) is 2.90. The Morgan fingerprint density at radius 2 is 2.15 bits per heavy atom. The number of hydrogen-bond acceptors (Lipinski definition) is 4. The minimum atomic E-state index is -1.45. The Morgan fingerprint density at radius 1 is 1.45 bits per heavy atom. The zero-order chi connectivity index (χ0) is 14.9. The molecule has 1 aromatic heterocycles. The molecule has 0 bridgehead atoms. The zero-order valence-corrected chi connectivity index (χ0v) is 10.8. The van der Waals surface area contributed by atoms with Crippen molar-refractivity contribution in [1.29, 1.82) is 0 Å². The van der Waals surface area contributed by atoms with Crippen molar-refractivity contribution in [2.45, 2.75) is 25.8 Å². The van der Waals surface area contributed by atoms with Crippen LogP contribution in [0.1, 0.15) is 20.3 Å². The maximum Gasteiger partial charge on any atom is 0.331 e. The topological polar surface area (TPSA) is 80.9 Å². The second-order valence-corrected chi connectivity index (χ2v) is 4.45. The van der Waals surface area contributed by atoms with Crippen molar-refractivity contribution in [3.63, 3.8) is 0 Å². The summed E-state index contributed by atoms with van der Waals surface area (Å²) in [5.41, 5.74) is -1.63. The minimum Gasteiger partial charge on any atom is -0.479 e. The van der Waals surface area contributed by atoms with Gasteiger partial charge in [0.2, 0.25) is 0 Å². The standard InChI is InChI=1S/C12H12F2N4O2/c1-3-12(2,11(19)20)18-10(15-16-17-18)7-5-4-6-8(13)9(7)14/h4-6H,3H2,1-2H3,(H,19,20). The summed E-state index contributed by atoms with van der Waals surface area (Å²) >= 11 is 0. The van der Waals surface area contributed by atoms with Crippen LogP contribution in [-0.2, 0) is 10.3 Å². The summed E-state index contributed by atoms with van der Waals surface area (Å²) in [5, 5.41) is 19.9. The maximum atomic E-state index is 13.8. The number of halogens is 2. The molecule has 2 rings (SSSR count). The third-order valence-corrected chi connectivity index (χ3v) is 3.28. The number of tetrazole rings is 1. The van der Waals surface area contributed by atoms with Gasteiger partial charge in [-0.2, -0.15) is 0 Å². The summed E-state index contributed by atoms with van der Waals surface area (Å²) in [5.74, 6) is -3.46. The van der Waals surface area contributed by atoms with Crippen LogP contribution in [0.15, 0.2) is 18.2 Å². The normalized spacial score (nSPS) is 14.0. The molecule has 106 valence electrons. The third kappa shape index (κ3) is 2.02. The molecule has 0 saturated heterocycles. The minimum absolute atomic E-state index is 0.131. The van der Waals surface area contributed by atoms with Crippen LogP contribution in [-0.4, -0.2) is 31.3 Å². The molecule has 0 aliphatic rings. The van der Waals surface area contributed by atoms with E-state index in [9.17, 15) is 18.7 Å². The molecule has 1 heterocycles. The van der Waals surface area contributed by atoms with Crippen molar-refractivity contribution in [2.75, 3.05) is 0 Å². The molecule has 0 aliphatic carbocycles. The number of nitrogens with zero attached hydrogens (tertiary/aromatic N) is 4. The van der Waals surface area contributed by atoms with E-state index < -0.39 is 23.1 Å². The summed E-state index contributed by atoms with van der Waals surface area (Å²) < 4.78 is 28.1. The molecule has 1 unspecified atom stereocenters. The molecule has 1 atom stereocenters. The number of benzene rings is 1. The SMILES string of the molecule is CCC(C)(C(=O)O)n1nnnc1-c1cccc(F)c1F. The Morgan fingerprint density at radius 3 is 2.75 bits per heavy atom. The summed E-state index contributed by atoms with van der Waals surface area (Å²) in [4.78, 5) is 11.4. The number of carboxylic acid groups (broad SMARTS) is 1. The van der Waals surface area contributed by atoms with Crippen LogP contribution < -0.4 is 0 Å². The first kappa shape index (κ1) is 14.0. The molecular formula is C12H12F2N4O2. The second-order valence-electron chi connectivity index (χ2n) is 4.45. The molecule has 0 aliphatic heterocycles. The zero-order valence-electron chi connectivity index (χ0n) is 10.8.